The summed E-state index contributed by atoms with van der Waals surface area (Å²) in [5, 5.41) is 15.5. The summed E-state index contributed by atoms with van der Waals surface area (Å²) < 4.78 is 1.57. The van der Waals surface area contributed by atoms with Gasteiger partial charge in [0.05, 0.1) is 17.5 Å². The molecule has 3 aromatic rings. The number of rotatable bonds is 1. The lowest BCUT2D eigenvalue weighted by Crippen LogP contribution is -1.94. The van der Waals surface area contributed by atoms with E-state index in [1.165, 1.54) is 5.56 Å². The lowest BCUT2D eigenvalue weighted by Gasteiger charge is -2.04. The largest absolute Gasteiger partial charge is 0.257 e. The second-order valence-electron chi connectivity index (χ2n) is 4.51. The Balaban J connectivity index is 2.24. The van der Waals surface area contributed by atoms with Gasteiger partial charge in [0.15, 0.2) is 0 Å². The fourth-order valence-corrected chi connectivity index (χ4v) is 2.23. The van der Waals surface area contributed by atoms with Crippen molar-refractivity contribution in [3.63, 3.8) is 0 Å². The average Bonchev–Trinajstić information content (AvgIpc) is 2.79. The minimum atomic E-state index is 0.527. The first-order valence-electron chi connectivity index (χ1n) is 5.98. The van der Waals surface area contributed by atoms with Crippen LogP contribution in [0.4, 0.5) is 0 Å². The SMILES string of the molecule is Cc1cccc2cc(-c3cnn(C)c3C#N)ncc12. The number of aryl methyl sites for hydroxylation is 2. The van der Waals surface area contributed by atoms with Crippen LogP contribution in [-0.2, 0) is 7.05 Å². The maximum absolute atomic E-state index is 9.17. The van der Waals surface area contributed by atoms with Gasteiger partial charge in [-0.15, -0.1) is 0 Å². The first kappa shape index (κ1) is 11.4. The van der Waals surface area contributed by atoms with E-state index in [1.807, 2.05) is 18.3 Å². The van der Waals surface area contributed by atoms with Crippen LogP contribution >= 0.6 is 0 Å². The maximum atomic E-state index is 9.17. The summed E-state index contributed by atoms with van der Waals surface area (Å²) in [5.74, 6) is 0. The van der Waals surface area contributed by atoms with Crippen LogP contribution in [-0.4, -0.2) is 14.8 Å². The molecule has 1 aromatic carbocycles. The van der Waals surface area contributed by atoms with Gasteiger partial charge in [-0.05, 0) is 23.9 Å². The third kappa shape index (κ3) is 1.76. The molecule has 2 heterocycles. The minimum absolute atomic E-state index is 0.527. The van der Waals surface area contributed by atoms with Gasteiger partial charge in [0.25, 0.3) is 0 Å². The number of nitriles is 1. The fraction of sp³-hybridized carbons (Fsp3) is 0.133. The van der Waals surface area contributed by atoms with E-state index in [-0.39, 0.29) is 0 Å². The summed E-state index contributed by atoms with van der Waals surface area (Å²) in [5.41, 5.74) is 3.28. The van der Waals surface area contributed by atoms with E-state index in [0.717, 1.165) is 22.0 Å². The first-order chi connectivity index (χ1) is 9.20. The van der Waals surface area contributed by atoms with Crippen molar-refractivity contribution in [3.8, 4) is 17.3 Å². The molecule has 0 N–H and O–H groups in total. The van der Waals surface area contributed by atoms with Crippen LogP contribution in [0, 0.1) is 18.3 Å². The molecule has 4 heteroatoms. The lowest BCUT2D eigenvalue weighted by atomic mass is 10.1. The molecule has 0 saturated carbocycles. The summed E-state index contributed by atoms with van der Waals surface area (Å²) in [6.45, 7) is 2.06. The van der Waals surface area contributed by atoms with Gasteiger partial charge in [0.1, 0.15) is 11.8 Å². The summed E-state index contributed by atoms with van der Waals surface area (Å²) in [6, 6.07) is 10.3. The molecular formula is C15H12N4. The van der Waals surface area contributed by atoms with Gasteiger partial charge in [-0.2, -0.15) is 10.4 Å². The molecule has 0 aliphatic rings. The Bertz CT molecular complexity index is 809. The van der Waals surface area contributed by atoms with E-state index >= 15 is 0 Å². The zero-order valence-corrected chi connectivity index (χ0v) is 10.8. The van der Waals surface area contributed by atoms with Crippen LogP contribution in [0.5, 0.6) is 0 Å². The Labute approximate surface area is 110 Å². The smallest absolute Gasteiger partial charge is 0.147 e. The van der Waals surface area contributed by atoms with Crippen molar-refractivity contribution in [3.05, 3.63) is 47.9 Å². The highest BCUT2D eigenvalue weighted by molar-refractivity contribution is 5.88. The molecule has 0 bridgehead atoms. The van der Waals surface area contributed by atoms with E-state index in [1.54, 1.807) is 17.9 Å². The average molecular weight is 248 g/mol. The summed E-state index contributed by atoms with van der Waals surface area (Å²) in [4.78, 5) is 4.46. The first-order valence-corrected chi connectivity index (χ1v) is 5.98. The number of nitrogens with zero attached hydrogens (tertiary/aromatic N) is 4. The van der Waals surface area contributed by atoms with Crippen LogP contribution in [0.15, 0.2) is 36.7 Å². The van der Waals surface area contributed by atoms with Gasteiger partial charge in [-0.3, -0.25) is 9.67 Å². The van der Waals surface area contributed by atoms with Crippen molar-refractivity contribution in [2.24, 2.45) is 7.05 Å². The zero-order valence-electron chi connectivity index (χ0n) is 10.8. The molecule has 92 valence electrons. The third-order valence-electron chi connectivity index (χ3n) is 3.30. The van der Waals surface area contributed by atoms with Gasteiger partial charge in [0.2, 0.25) is 0 Å². The third-order valence-corrected chi connectivity index (χ3v) is 3.30. The van der Waals surface area contributed by atoms with E-state index in [9.17, 15) is 0 Å². The van der Waals surface area contributed by atoms with Crippen LogP contribution in [0.1, 0.15) is 11.3 Å². The van der Waals surface area contributed by atoms with Gasteiger partial charge in [-0.1, -0.05) is 18.2 Å². The van der Waals surface area contributed by atoms with Gasteiger partial charge in [0, 0.05) is 18.6 Å². The molecule has 0 radical (unpaired) electrons. The van der Waals surface area contributed by atoms with Gasteiger partial charge >= 0.3 is 0 Å². The molecule has 0 atom stereocenters. The summed E-state index contributed by atoms with van der Waals surface area (Å²) >= 11 is 0. The molecule has 0 spiro atoms. The highest BCUT2D eigenvalue weighted by Crippen LogP contribution is 2.25. The van der Waals surface area contributed by atoms with E-state index in [4.69, 9.17) is 5.26 Å². The Hall–Kier alpha value is -2.67. The van der Waals surface area contributed by atoms with Crippen LogP contribution < -0.4 is 0 Å². The zero-order chi connectivity index (χ0) is 13.4. The highest BCUT2D eigenvalue weighted by Gasteiger charge is 2.11. The Morgan fingerprint density at radius 3 is 2.89 bits per heavy atom. The molecule has 0 saturated heterocycles. The molecule has 0 aliphatic carbocycles. The Morgan fingerprint density at radius 2 is 2.11 bits per heavy atom. The highest BCUT2D eigenvalue weighted by atomic mass is 15.3. The van der Waals surface area contributed by atoms with Crippen molar-refractivity contribution >= 4 is 10.8 Å². The van der Waals surface area contributed by atoms with Crippen molar-refractivity contribution in [2.75, 3.05) is 0 Å². The molecular weight excluding hydrogens is 236 g/mol. The van der Waals surface area contributed by atoms with Crippen LogP contribution in [0.2, 0.25) is 0 Å². The molecule has 19 heavy (non-hydrogen) atoms. The minimum Gasteiger partial charge on any atom is -0.257 e. The predicted molar refractivity (Wildman–Crippen MR) is 73.4 cm³/mol. The Morgan fingerprint density at radius 1 is 1.26 bits per heavy atom. The number of fused-ring (bicyclic) bond motifs is 1. The van der Waals surface area contributed by atoms with Crippen LogP contribution in [0.3, 0.4) is 0 Å². The molecule has 0 amide bonds. The second kappa shape index (κ2) is 4.21. The summed E-state index contributed by atoms with van der Waals surface area (Å²) in [6.07, 6.45) is 3.54. The van der Waals surface area contributed by atoms with Gasteiger partial charge in [-0.25, -0.2) is 0 Å². The normalized spacial score (nSPS) is 10.6. The predicted octanol–water partition coefficient (Wildman–Crippen LogP) is 2.82. The van der Waals surface area contributed by atoms with E-state index in [2.05, 4.69) is 35.2 Å². The number of hydrogen-bond acceptors (Lipinski definition) is 3. The van der Waals surface area contributed by atoms with E-state index in [0.29, 0.717) is 5.69 Å². The lowest BCUT2D eigenvalue weighted by molar-refractivity contribution is 0.756. The number of aromatic nitrogens is 3. The monoisotopic (exact) mass is 248 g/mol. The maximum Gasteiger partial charge on any atom is 0.147 e. The Kier molecular flexibility index (Phi) is 2.53. The van der Waals surface area contributed by atoms with Crippen molar-refractivity contribution in [1.82, 2.24) is 14.8 Å². The fourth-order valence-electron chi connectivity index (χ4n) is 2.23. The molecule has 0 aliphatic heterocycles. The van der Waals surface area contributed by atoms with Crippen molar-refractivity contribution in [1.29, 1.82) is 5.26 Å². The van der Waals surface area contributed by atoms with E-state index < -0.39 is 0 Å². The number of pyridine rings is 1. The standard InChI is InChI=1S/C15H12N4/c1-10-4-3-5-11-6-14(17-8-12(10)11)13-9-18-19(2)15(13)7-16/h3-6,8-9H,1-2H3. The topological polar surface area (TPSA) is 54.5 Å². The van der Waals surface area contributed by atoms with Crippen molar-refractivity contribution < 1.29 is 0 Å². The second-order valence-corrected chi connectivity index (χ2v) is 4.51. The molecule has 0 fully saturated rings. The number of hydrogen-bond donors (Lipinski definition) is 0. The molecule has 2 aromatic heterocycles. The number of benzene rings is 1. The summed E-state index contributed by atoms with van der Waals surface area (Å²) in [7, 11) is 1.76. The molecule has 0 unspecified atom stereocenters. The van der Waals surface area contributed by atoms with Gasteiger partial charge < -0.3 is 0 Å². The van der Waals surface area contributed by atoms with Crippen LogP contribution in [0.25, 0.3) is 22.0 Å². The quantitative estimate of drug-likeness (QED) is 0.665. The van der Waals surface area contributed by atoms with Crippen molar-refractivity contribution in [2.45, 2.75) is 6.92 Å². The molecule has 3 rings (SSSR count). The molecule has 4 nitrogen and oxygen atoms in total.